The van der Waals surface area contributed by atoms with Crippen molar-refractivity contribution in [2.45, 2.75) is 26.8 Å². The van der Waals surface area contributed by atoms with E-state index in [1.807, 2.05) is 42.1 Å². The lowest BCUT2D eigenvalue weighted by Crippen LogP contribution is -2.10. The zero-order chi connectivity index (χ0) is 16.7. The van der Waals surface area contributed by atoms with Gasteiger partial charge in [-0.2, -0.15) is 0 Å². The van der Waals surface area contributed by atoms with Crippen LogP contribution in [-0.4, -0.2) is 20.0 Å². The van der Waals surface area contributed by atoms with E-state index in [0.717, 1.165) is 39.2 Å². The number of aryl methyl sites for hydroxylation is 2. The molecule has 0 spiro atoms. The Morgan fingerprint density at radius 1 is 1.08 bits per heavy atom. The summed E-state index contributed by atoms with van der Waals surface area (Å²) in [6.45, 7) is 6.17. The minimum atomic E-state index is 0.0112. The van der Waals surface area contributed by atoms with Crippen molar-refractivity contribution in [2.75, 3.05) is 0 Å². The Kier molecular flexibility index (Phi) is 3.41. The monoisotopic (exact) mass is 318 g/mol. The van der Waals surface area contributed by atoms with Gasteiger partial charge in [-0.05, 0) is 38.5 Å². The molecule has 3 heterocycles. The van der Waals surface area contributed by atoms with E-state index >= 15 is 0 Å². The van der Waals surface area contributed by atoms with Crippen molar-refractivity contribution in [3.63, 3.8) is 0 Å². The number of pyridine rings is 1. The molecule has 5 heteroatoms. The summed E-state index contributed by atoms with van der Waals surface area (Å²) >= 11 is 0. The number of fused-ring (bicyclic) bond motifs is 1. The van der Waals surface area contributed by atoms with Gasteiger partial charge in [-0.1, -0.05) is 29.5 Å². The SMILES string of the molecule is Cc1cccnc1C(C)n1cc(-c2oc3ccccc3c2C)nn1. The second-order valence-corrected chi connectivity index (χ2v) is 6.02. The number of para-hydroxylation sites is 1. The average Bonchev–Trinajstić information content (AvgIpc) is 3.20. The highest BCUT2D eigenvalue weighted by Crippen LogP contribution is 2.32. The molecule has 0 radical (unpaired) electrons. The predicted molar refractivity (Wildman–Crippen MR) is 92.8 cm³/mol. The van der Waals surface area contributed by atoms with Crippen LogP contribution < -0.4 is 0 Å². The van der Waals surface area contributed by atoms with Crippen molar-refractivity contribution >= 4 is 11.0 Å². The van der Waals surface area contributed by atoms with Crippen molar-refractivity contribution in [3.8, 4) is 11.5 Å². The van der Waals surface area contributed by atoms with E-state index in [-0.39, 0.29) is 6.04 Å². The Hall–Kier alpha value is -2.95. The van der Waals surface area contributed by atoms with E-state index < -0.39 is 0 Å². The molecular formula is C19H18N4O. The van der Waals surface area contributed by atoms with Crippen molar-refractivity contribution in [1.29, 1.82) is 0 Å². The largest absolute Gasteiger partial charge is 0.454 e. The van der Waals surface area contributed by atoms with Crippen LogP contribution in [0.3, 0.4) is 0 Å². The number of aromatic nitrogens is 4. The molecule has 0 aliphatic carbocycles. The Labute approximate surface area is 139 Å². The van der Waals surface area contributed by atoms with Crippen molar-refractivity contribution in [2.24, 2.45) is 0 Å². The first-order valence-electron chi connectivity index (χ1n) is 7.97. The molecule has 0 fully saturated rings. The van der Waals surface area contributed by atoms with E-state index in [1.54, 1.807) is 6.20 Å². The standard InChI is InChI=1S/C19H18N4O/c1-12-7-6-10-20-18(12)14(3)23-11-16(21-22-23)19-13(2)15-8-4-5-9-17(15)24-19/h4-11,14H,1-3H3. The molecule has 24 heavy (non-hydrogen) atoms. The van der Waals surface area contributed by atoms with Crippen LogP contribution in [0.4, 0.5) is 0 Å². The second kappa shape index (κ2) is 5.60. The van der Waals surface area contributed by atoms with Gasteiger partial charge in [0.2, 0.25) is 0 Å². The second-order valence-electron chi connectivity index (χ2n) is 6.02. The number of hydrogen-bond acceptors (Lipinski definition) is 4. The molecule has 0 bridgehead atoms. The van der Waals surface area contributed by atoms with E-state index in [2.05, 4.69) is 41.3 Å². The van der Waals surface area contributed by atoms with Gasteiger partial charge in [-0.3, -0.25) is 4.98 Å². The molecule has 0 aliphatic rings. The summed E-state index contributed by atoms with van der Waals surface area (Å²) < 4.78 is 7.81. The fraction of sp³-hybridized carbons (Fsp3) is 0.211. The van der Waals surface area contributed by atoms with Crippen molar-refractivity contribution < 1.29 is 4.42 Å². The number of benzene rings is 1. The van der Waals surface area contributed by atoms with Crippen molar-refractivity contribution in [1.82, 2.24) is 20.0 Å². The smallest absolute Gasteiger partial charge is 0.160 e. The summed E-state index contributed by atoms with van der Waals surface area (Å²) in [5, 5.41) is 9.71. The maximum atomic E-state index is 5.98. The first-order valence-corrected chi connectivity index (χ1v) is 7.97. The van der Waals surface area contributed by atoms with Gasteiger partial charge < -0.3 is 4.42 Å². The molecule has 5 nitrogen and oxygen atoms in total. The number of furan rings is 1. The van der Waals surface area contributed by atoms with Gasteiger partial charge in [-0.15, -0.1) is 5.10 Å². The maximum Gasteiger partial charge on any atom is 0.160 e. The molecule has 0 saturated heterocycles. The molecule has 1 aromatic carbocycles. The molecule has 4 rings (SSSR count). The van der Waals surface area contributed by atoms with Gasteiger partial charge in [-0.25, -0.2) is 4.68 Å². The molecule has 0 amide bonds. The van der Waals surface area contributed by atoms with Gasteiger partial charge >= 0.3 is 0 Å². The summed E-state index contributed by atoms with van der Waals surface area (Å²) in [7, 11) is 0. The first kappa shape index (κ1) is 14.6. The molecule has 1 unspecified atom stereocenters. The highest BCUT2D eigenvalue weighted by molar-refractivity contribution is 5.86. The lowest BCUT2D eigenvalue weighted by molar-refractivity contribution is 0.529. The summed E-state index contributed by atoms with van der Waals surface area (Å²) in [6.07, 6.45) is 3.73. The summed E-state index contributed by atoms with van der Waals surface area (Å²) in [4.78, 5) is 4.48. The number of hydrogen-bond donors (Lipinski definition) is 0. The van der Waals surface area contributed by atoms with Crippen LogP contribution in [-0.2, 0) is 0 Å². The van der Waals surface area contributed by atoms with Crippen LogP contribution in [0.5, 0.6) is 0 Å². The summed E-state index contributed by atoms with van der Waals surface area (Å²) in [5.41, 5.74) is 4.83. The molecule has 0 aliphatic heterocycles. The first-order chi connectivity index (χ1) is 11.6. The van der Waals surface area contributed by atoms with Gasteiger partial charge in [0.1, 0.15) is 11.3 Å². The van der Waals surface area contributed by atoms with E-state index in [1.165, 1.54) is 0 Å². The van der Waals surface area contributed by atoms with Gasteiger partial charge in [0.15, 0.2) is 5.76 Å². The van der Waals surface area contributed by atoms with E-state index in [0.29, 0.717) is 0 Å². The van der Waals surface area contributed by atoms with Gasteiger partial charge in [0.05, 0.1) is 17.9 Å². The van der Waals surface area contributed by atoms with Crippen LogP contribution in [0.2, 0.25) is 0 Å². The Morgan fingerprint density at radius 2 is 1.92 bits per heavy atom. The fourth-order valence-electron chi connectivity index (χ4n) is 3.05. The van der Waals surface area contributed by atoms with Crippen LogP contribution in [0.1, 0.15) is 29.8 Å². The molecule has 120 valence electrons. The molecule has 1 atom stereocenters. The summed E-state index contributed by atoms with van der Waals surface area (Å²) in [6, 6.07) is 12.0. The fourth-order valence-corrected chi connectivity index (χ4v) is 3.05. The third-order valence-corrected chi connectivity index (χ3v) is 4.43. The zero-order valence-corrected chi connectivity index (χ0v) is 13.9. The van der Waals surface area contributed by atoms with E-state index in [9.17, 15) is 0 Å². The number of rotatable bonds is 3. The van der Waals surface area contributed by atoms with Crippen LogP contribution in [0, 0.1) is 13.8 Å². The van der Waals surface area contributed by atoms with Crippen LogP contribution in [0.25, 0.3) is 22.4 Å². The Morgan fingerprint density at radius 3 is 2.71 bits per heavy atom. The Bertz CT molecular complexity index is 1020. The molecule has 0 N–H and O–H groups in total. The zero-order valence-electron chi connectivity index (χ0n) is 13.9. The predicted octanol–water partition coefficient (Wildman–Crippen LogP) is 4.31. The minimum Gasteiger partial charge on any atom is -0.454 e. The normalized spacial score (nSPS) is 12.6. The summed E-state index contributed by atoms with van der Waals surface area (Å²) in [5.74, 6) is 0.771. The highest BCUT2D eigenvalue weighted by atomic mass is 16.3. The molecule has 4 aromatic rings. The third kappa shape index (κ3) is 2.29. The lowest BCUT2D eigenvalue weighted by Gasteiger charge is -2.12. The molecule has 3 aromatic heterocycles. The third-order valence-electron chi connectivity index (χ3n) is 4.43. The maximum absolute atomic E-state index is 5.98. The lowest BCUT2D eigenvalue weighted by atomic mass is 10.1. The van der Waals surface area contributed by atoms with E-state index in [4.69, 9.17) is 4.42 Å². The highest BCUT2D eigenvalue weighted by Gasteiger charge is 2.18. The molecule has 0 saturated carbocycles. The van der Waals surface area contributed by atoms with Crippen LogP contribution in [0.15, 0.2) is 53.2 Å². The Balaban J connectivity index is 1.74. The van der Waals surface area contributed by atoms with Gasteiger partial charge in [0.25, 0.3) is 0 Å². The average molecular weight is 318 g/mol. The quantitative estimate of drug-likeness (QED) is 0.565. The van der Waals surface area contributed by atoms with Gasteiger partial charge in [0, 0.05) is 17.1 Å². The number of nitrogens with zero attached hydrogens (tertiary/aromatic N) is 4. The molecular weight excluding hydrogens is 300 g/mol. The topological polar surface area (TPSA) is 56.7 Å². The minimum absolute atomic E-state index is 0.0112. The van der Waals surface area contributed by atoms with Crippen LogP contribution >= 0.6 is 0 Å². The van der Waals surface area contributed by atoms with Crippen molar-refractivity contribution in [3.05, 3.63) is 65.6 Å².